The summed E-state index contributed by atoms with van der Waals surface area (Å²) in [4.78, 5) is 11.5. The molecule has 0 unspecified atom stereocenters. The number of aromatic nitrogens is 2. The van der Waals surface area contributed by atoms with Crippen molar-refractivity contribution in [2.45, 2.75) is 20.3 Å². The first-order valence-corrected chi connectivity index (χ1v) is 5.97. The second-order valence-electron chi connectivity index (χ2n) is 3.98. The molecule has 0 spiro atoms. The lowest BCUT2D eigenvalue weighted by Crippen LogP contribution is -2.08. The highest BCUT2D eigenvalue weighted by molar-refractivity contribution is 5.72. The molecule has 0 radical (unpaired) electrons. The Kier molecular flexibility index (Phi) is 3.77. The summed E-state index contributed by atoms with van der Waals surface area (Å²) >= 11 is 0. The van der Waals surface area contributed by atoms with Gasteiger partial charge in [-0.15, -0.1) is 0 Å². The number of nitrogens with zero attached hydrogens (tertiary/aromatic N) is 2. The van der Waals surface area contributed by atoms with Crippen molar-refractivity contribution >= 4 is 5.97 Å². The molecular weight excluding hydrogens is 228 g/mol. The van der Waals surface area contributed by atoms with Crippen molar-refractivity contribution in [3.8, 4) is 5.69 Å². The molecular formula is C14H16N2O2. The maximum atomic E-state index is 11.5. The number of carbonyl (C=O) groups is 1. The van der Waals surface area contributed by atoms with Crippen LogP contribution in [-0.4, -0.2) is 22.4 Å². The molecule has 0 aliphatic heterocycles. The van der Waals surface area contributed by atoms with Crippen LogP contribution >= 0.6 is 0 Å². The van der Waals surface area contributed by atoms with Crippen LogP contribution in [0, 0.1) is 6.92 Å². The van der Waals surface area contributed by atoms with Crippen molar-refractivity contribution in [3.05, 3.63) is 47.8 Å². The standard InChI is InChI=1S/C14H16N2O2/c1-3-18-14(17)9-12-10-15-16(11(12)2)13-7-5-4-6-8-13/h4-8,10H,3,9H2,1-2H3. The molecule has 4 heteroatoms. The van der Waals surface area contributed by atoms with Gasteiger partial charge in [-0.1, -0.05) is 18.2 Å². The Bertz CT molecular complexity index is 532. The molecule has 0 saturated heterocycles. The molecule has 0 aliphatic rings. The van der Waals surface area contributed by atoms with E-state index >= 15 is 0 Å². The largest absolute Gasteiger partial charge is 0.466 e. The van der Waals surface area contributed by atoms with Crippen molar-refractivity contribution in [1.29, 1.82) is 0 Å². The predicted octanol–water partition coefficient (Wildman–Crippen LogP) is 2.29. The summed E-state index contributed by atoms with van der Waals surface area (Å²) in [5.74, 6) is -0.215. The molecule has 2 aromatic rings. The van der Waals surface area contributed by atoms with E-state index < -0.39 is 0 Å². The van der Waals surface area contributed by atoms with Gasteiger partial charge in [0.25, 0.3) is 0 Å². The molecule has 94 valence electrons. The van der Waals surface area contributed by atoms with E-state index in [1.54, 1.807) is 13.1 Å². The number of benzene rings is 1. The van der Waals surface area contributed by atoms with Gasteiger partial charge in [0, 0.05) is 11.3 Å². The Hall–Kier alpha value is -2.10. The summed E-state index contributed by atoms with van der Waals surface area (Å²) in [5, 5.41) is 4.31. The Morgan fingerprint density at radius 1 is 1.33 bits per heavy atom. The van der Waals surface area contributed by atoms with Gasteiger partial charge in [0.15, 0.2) is 0 Å². The quantitative estimate of drug-likeness (QED) is 0.775. The fourth-order valence-electron chi connectivity index (χ4n) is 1.81. The van der Waals surface area contributed by atoms with Gasteiger partial charge in [-0.2, -0.15) is 5.10 Å². The van der Waals surface area contributed by atoms with E-state index in [9.17, 15) is 4.79 Å². The number of hydrogen-bond acceptors (Lipinski definition) is 3. The van der Waals surface area contributed by atoms with Crippen LogP contribution < -0.4 is 0 Å². The third kappa shape index (κ3) is 2.59. The lowest BCUT2D eigenvalue weighted by atomic mass is 10.2. The zero-order valence-electron chi connectivity index (χ0n) is 10.6. The minimum atomic E-state index is -0.215. The molecule has 0 atom stereocenters. The van der Waals surface area contributed by atoms with Crippen molar-refractivity contribution in [3.63, 3.8) is 0 Å². The number of rotatable bonds is 4. The van der Waals surface area contributed by atoms with E-state index in [-0.39, 0.29) is 12.4 Å². The zero-order chi connectivity index (χ0) is 13.0. The Morgan fingerprint density at radius 3 is 2.72 bits per heavy atom. The molecule has 1 aromatic heterocycles. The molecule has 0 aliphatic carbocycles. The van der Waals surface area contributed by atoms with Crippen molar-refractivity contribution in [2.75, 3.05) is 6.61 Å². The number of hydrogen-bond donors (Lipinski definition) is 0. The first-order valence-electron chi connectivity index (χ1n) is 5.97. The Labute approximate surface area is 106 Å². The van der Waals surface area contributed by atoms with Gasteiger partial charge in [-0.25, -0.2) is 4.68 Å². The fraction of sp³-hybridized carbons (Fsp3) is 0.286. The summed E-state index contributed by atoms with van der Waals surface area (Å²) in [6.45, 7) is 4.16. The van der Waals surface area contributed by atoms with Crippen LogP contribution in [0.15, 0.2) is 36.5 Å². The van der Waals surface area contributed by atoms with Gasteiger partial charge in [-0.05, 0) is 26.0 Å². The summed E-state index contributed by atoms with van der Waals surface area (Å²) in [5.41, 5.74) is 2.86. The van der Waals surface area contributed by atoms with Crippen LogP contribution in [0.4, 0.5) is 0 Å². The monoisotopic (exact) mass is 244 g/mol. The smallest absolute Gasteiger partial charge is 0.310 e. The number of esters is 1. The zero-order valence-corrected chi connectivity index (χ0v) is 10.6. The average Bonchev–Trinajstić information content (AvgIpc) is 2.72. The van der Waals surface area contributed by atoms with Gasteiger partial charge in [-0.3, -0.25) is 4.79 Å². The van der Waals surface area contributed by atoms with E-state index in [4.69, 9.17) is 4.74 Å². The van der Waals surface area contributed by atoms with Crippen LogP contribution in [0.25, 0.3) is 5.69 Å². The highest BCUT2D eigenvalue weighted by Gasteiger charge is 2.12. The normalized spacial score (nSPS) is 10.3. The maximum absolute atomic E-state index is 11.5. The van der Waals surface area contributed by atoms with Crippen molar-refractivity contribution < 1.29 is 9.53 Å². The molecule has 1 heterocycles. The first-order chi connectivity index (χ1) is 8.72. The summed E-state index contributed by atoms with van der Waals surface area (Å²) in [7, 11) is 0. The molecule has 0 bridgehead atoms. The van der Waals surface area contributed by atoms with Gasteiger partial charge in [0.2, 0.25) is 0 Å². The molecule has 1 aromatic carbocycles. The number of carbonyl (C=O) groups excluding carboxylic acids is 1. The average molecular weight is 244 g/mol. The summed E-state index contributed by atoms with van der Waals surface area (Å²) < 4.78 is 6.77. The minimum absolute atomic E-state index is 0.215. The molecule has 0 saturated carbocycles. The van der Waals surface area contributed by atoms with Crippen LogP contribution in [0.3, 0.4) is 0 Å². The van der Waals surface area contributed by atoms with Crippen molar-refractivity contribution in [2.24, 2.45) is 0 Å². The molecule has 4 nitrogen and oxygen atoms in total. The molecule has 0 fully saturated rings. The van der Waals surface area contributed by atoms with Gasteiger partial charge >= 0.3 is 5.97 Å². The second-order valence-corrected chi connectivity index (χ2v) is 3.98. The summed E-state index contributed by atoms with van der Waals surface area (Å²) in [6, 6.07) is 9.84. The molecule has 0 N–H and O–H groups in total. The number of ether oxygens (including phenoxy) is 1. The third-order valence-electron chi connectivity index (χ3n) is 2.75. The lowest BCUT2D eigenvalue weighted by Gasteiger charge is -2.05. The van der Waals surface area contributed by atoms with Crippen LogP contribution in [0.2, 0.25) is 0 Å². The maximum Gasteiger partial charge on any atom is 0.310 e. The van der Waals surface area contributed by atoms with E-state index in [1.165, 1.54) is 0 Å². The number of para-hydroxylation sites is 1. The fourth-order valence-corrected chi connectivity index (χ4v) is 1.81. The van der Waals surface area contributed by atoms with E-state index in [2.05, 4.69) is 5.10 Å². The van der Waals surface area contributed by atoms with Gasteiger partial charge < -0.3 is 4.74 Å². The Balaban J connectivity index is 2.22. The minimum Gasteiger partial charge on any atom is -0.466 e. The lowest BCUT2D eigenvalue weighted by molar-refractivity contribution is -0.142. The van der Waals surface area contributed by atoms with E-state index in [1.807, 2.05) is 41.9 Å². The highest BCUT2D eigenvalue weighted by atomic mass is 16.5. The highest BCUT2D eigenvalue weighted by Crippen LogP contribution is 2.14. The van der Waals surface area contributed by atoms with E-state index in [0.29, 0.717) is 6.61 Å². The summed E-state index contributed by atoms with van der Waals surface area (Å²) in [6.07, 6.45) is 1.99. The van der Waals surface area contributed by atoms with Gasteiger partial charge in [0.1, 0.15) is 0 Å². The van der Waals surface area contributed by atoms with Crippen LogP contribution in [0.1, 0.15) is 18.2 Å². The first kappa shape index (κ1) is 12.4. The van der Waals surface area contributed by atoms with Crippen LogP contribution in [-0.2, 0) is 16.0 Å². The third-order valence-corrected chi connectivity index (χ3v) is 2.75. The molecule has 18 heavy (non-hydrogen) atoms. The van der Waals surface area contributed by atoms with Gasteiger partial charge in [0.05, 0.1) is 24.9 Å². The topological polar surface area (TPSA) is 44.1 Å². The van der Waals surface area contributed by atoms with E-state index in [0.717, 1.165) is 16.9 Å². The van der Waals surface area contributed by atoms with Crippen molar-refractivity contribution in [1.82, 2.24) is 9.78 Å². The second kappa shape index (κ2) is 5.49. The van der Waals surface area contributed by atoms with Crippen LogP contribution in [0.5, 0.6) is 0 Å². The SMILES string of the molecule is CCOC(=O)Cc1cnn(-c2ccccc2)c1C. The molecule has 2 rings (SSSR count). The molecule has 0 amide bonds. The Morgan fingerprint density at radius 2 is 2.06 bits per heavy atom. The predicted molar refractivity (Wildman–Crippen MR) is 68.6 cm³/mol.